The highest BCUT2D eigenvalue weighted by Crippen LogP contribution is 2.70. The molecule has 14 nitrogen and oxygen atoms in total. The standard InChI is InChI=1S/C51H59FN8O6/c52-38-8-9-40-48(65-25-24-60(40)41-10-11-44(62)54-50(41)64)46(38)31-12-18-57(19-13-31)30-45(63)59-22-16-35(17-23-59)66-36-5-3-4-34(26-36)51-28-32-14-20-58(21-15-33(29-51)47(32)51)42-27-39(55-56-49(42)53)37-6-1-2-7-43(37)61/h1-9,26-27,31-33,35,41,47,61H,10-25,28-30H2,(H2,53,56)(H,54,62,64)/t32-,33+,41?,47?,51?. The van der Waals surface area contributed by atoms with E-state index in [0.29, 0.717) is 117 Å². The second-order valence-corrected chi connectivity index (χ2v) is 19.8. The molecule has 0 spiro atoms. The topological polar surface area (TPSA) is 167 Å². The number of piperidine rings is 3. The van der Waals surface area contributed by atoms with Crippen molar-refractivity contribution >= 4 is 34.9 Å². The van der Waals surface area contributed by atoms with Gasteiger partial charge in [0.05, 0.1) is 30.2 Å². The predicted octanol–water partition coefficient (Wildman–Crippen LogP) is 6.02. The Morgan fingerprint density at radius 1 is 0.864 bits per heavy atom. The normalized spacial score (nSPS) is 27.0. The number of likely N-dealkylation sites (tertiary alicyclic amines) is 2. The number of carbonyl (C=O) groups is 3. The fraction of sp³-hybridized carbons (Fsp3) is 0.510. The predicted molar refractivity (Wildman–Crippen MR) is 247 cm³/mol. The zero-order chi connectivity index (χ0) is 45.1. The van der Waals surface area contributed by atoms with Gasteiger partial charge in [-0.3, -0.25) is 24.6 Å². The second kappa shape index (κ2) is 17.4. The molecule has 3 unspecified atom stereocenters. The first kappa shape index (κ1) is 42.7. The lowest BCUT2D eigenvalue weighted by Crippen LogP contribution is -2.65. The van der Waals surface area contributed by atoms with Gasteiger partial charge in [0.15, 0.2) is 5.82 Å². The molecule has 0 bridgehead atoms. The SMILES string of the molecule is Nc1nnc(-c2ccccc2O)cc1N1CC[C@@H]2CC3(c4cccc(OC5CCN(C(=O)CN6CCC(c7c(F)ccc8c7OCCN8C7CCC(=O)NC7=O)CC6)CC5)c4)C[C@H](CC1)C23. The quantitative estimate of drug-likeness (QED) is 0.168. The molecule has 4 saturated heterocycles. The van der Waals surface area contributed by atoms with Crippen LogP contribution in [0.25, 0.3) is 11.3 Å². The van der Waals surface area contributed by atoms with Crippen molar-refractivity contribution < 1.29 is 33.4 Å². The molecule has 7 aliphatic rings. The Hall–Kier alpha value is -5.96. The summed E-state index contributed by atoms with van der Waals surface area (Å²) in [7, 11) is 0. The van der Waals surface area contributed by atoms with E-state index >= 15 is 4.39 Å². The Morgan fingerprint density at radius 2 is 1.64 bits per heavy atom. The molecule has 6 heterocycles. The third-order valence-electron chi connectivity index (χ3n) is 16.2. The maximum Gasteiger partial charge on any atom is 0.249 e. The van der Waals surface area contributed by atoms with Gasteiger partial charge in [-0.2, -0.15) is 0 Å². The van der Waals surface area contributed by atoms with Crippen molar-refractivity contribution in [3.63, 3.8) is 0 Å². The lowest BCUT2D eigenvalue weighted by atomic mass is 9.35. The summed E-state index contributed by atoms with van der Waals surface area (Å²) in [6, 6.07) is 20.7. The number of amides is 3. The smallest absolute Gasteiger partial charge is 0.249 e. The summed E-state index contributed by atoms with van der Waals surface area (Å²) in [4.78, 5) is 46.6. The van der Waals surface area contributed by atoms with Crippen LogP contribution in [0.15, 0.2) is 66.7 Å². The van der Waals surface area contributed by atoms with Crippen molar-refractivity contribution in [3.8, 4) is 28.5 Å². The van der Waals surface area contributed by atoms with Crippen molar-refractivity contribution in [1.29, 1.82) is 0 Å². The minimum Gasteiger partial charge on any atom is -0.507 e. The number of aromatic nitrogens is 2. The molecule has 346 valence electrons. The van der Waals surface area contributed by atoms with Gasteiger partial charge in [0, 0.05) is 56.6 Å². The third kappa shape index (κ3) is 7.76. The lowest BCUT2D eigenvalue weighted by molar-refractivity contribution is -0.135. The van der Waals surface area contributed by atoms with Crippen LogP contribution in [0.2, 0.25) is 0 Å². The lowest BCUT2D eigenvalue weighted by Gasteiger charge is -2.69. The molecule has 5 atom stereocenters. The Labute approximate surface area is 384 Å². The number of hydrogen-bond donors (Lipinski definition) is 3. The minimum absolute atomic E-state index is 0.0505. The highest BCUT2D eigenvalue weighted by molar-refractivity contribution is 6.02. The number of fused-ring (bicyclic) bond motifs is 1. The number of anilines is 3. The number of rotatable bonds is 9. The van der Waals surface area contributed by atoms with Gasteiger partial charge in [0.2, 0.25) is 17.7 Å². The number of phenols is 1. The average molecular weight is 899 g/mol. The summed E-state index contributed by atoms with van der Waals surface area (Å²) in [5.41, 5.74) is 11.4. The number of benzene rings is 3. The second-order valence-electron chi connectivity index (χ2n) is 19.8. The molecule has 2 saturated carbocycles. The molecule has 3 aromatic carbocycles. The summed E-state index contributed by atoms with van der Waals surface area (Å²) in [6.07, 6.45) is 8.27. The summed E-state index contributed by atoms with van der Waals surface area (Å²) in [5.74, 6) is 3.18. The van der Waals surface area contributed by atoms with Crippen molar-refractivity contribution in [3.05, 3.63) is 83.7 Å². The van der Waals surface area contributed by atoms with Gasteiger partial charge in [0.25, 0.3) is 0 Å². The molecule has 11 rings (SSSR count). The number of nitrogens with one attached hydrogen (secondary N) is 1. The first-order chi connectivity index (χ1) is 32.1. The molecule has 66 heavy (non-hydrogen) atoms. The molecule has 1 aromatic heterocycles. The Kier molecular flexibility index (Phi) is 11.2. The van der Waals surface area contributed by atoms with Gasteiger partial charge in [-0.25, -0.2) is 4.39 Å². The summed E-state index contributed by atoms with van der Waals surface area (Å²) in [6.45, 7) is 5.65. The number of aromatic hydroxyl groups is 1. The fourth-order valence-electron chi connectivity index (χ4n) is 12.9. The average Bonchev–Trinajstić information content (AvgIpc) is 3.31. The molecule has 4 aromatic rings. The fourth-order valence-corrected chi connectivity index (χ4v) is 12.9. The van der Waals surface area contributed by atoms with Crippen LogP contribution >= 0.6 is 0 Å². The Balaban J connectivity index is 0.654. The Morgan fingerprint density at radius 3 is 2.39 bits per heavy atom. The van der Waals surface area contributed by atoms with Crippen molar-refractivity contribution in [1.82, 2.24) is 25.3 Å². The van der Waals surface area contributed by atoms with Gasteiger partial charge in [-0.05, 0) is 135 Å². The zero-order valence-electron chi connectivity index (χ0n) is 37.4. The van der Waals surface area contributed by atoms with E-state index < -0.39 is 6.04 Å². The number of hydrogen-bond acceptors (Lipinski definition) is 12. The van der Waals surface area contributed by atoms with Crippen LogP contribution < -0.4 is 30.3 Å². The summed E-state index contributed by atoms with van der Waals surface area (Å²) < 4.78 is 28.3. The molecule has 3 amide bonds. The largest absolute Gasteiger partial charge is 0.507 e. The monoisotopic (exact) mass is 898 g/mol. The number of halogens is 1. The molecule has 5 aliphatic heterocycles. The van der Waals surface area contributed by atoms with Gasteiger partial charge in [0.1, 0.15) is 41.8 Å². The van der Waals surface area contributed by atoms with E-state index in [1.165, 1.54) is 24.5 Å². The van der Waals surface area contributed by atoms with Crippen LogP contribution in [0.1, 0.15) is 81.3 Å². The van der Waals surface area contributed by atoms with E-state index in [0.717, 1.165) is 50.2 Å². The van der Waals surface area contributed by atoms with E-state index in [-0.39, 0.29) is 53.1 Å². The van der Waals surface area contributed by atoms with Crippen LogP contribution in [-0.4, -0.2) is 114 Å². The molecule has 4 N–H and O–H groups in total. The number of nitrogens with two attached hydrogens (primary N) is 1. The number of para-hydroxylation sites is 1. The number of nitrogens with zero attached hydrogens (tertiary/aromatic N) is 6. The van der Waals surface area contributed by atoms with Crippen LogP contribution in [0, 0.1) is 23.6 Å². The number of imide groups is 1. The van der Waals surface area contributed by atoms with E-state index in [1.54, 1.807) is 18.2 Å². The molecular formula is C51H59FN8O6. The highest BCUT2D eigenvalue weighted by atomic mass is 19.1. The summed E-state index contributed by atoms with van der Waals surface area (Å²) in [5, 5.41) is 21.5. The number of nitrogen functional groups attached to an aromatic ring is 1. The van der Waals surface area contributed by atoms with Crippen LogP contribution in [0.5, 0.6) is 17.2 Å². The number of phenolic OH excluding ortho intramolecular Hbond substituents is 1. The van der Waals surface area contributed by atoms with Crippen molar-refractivity contribution in [2.24, 2.45) is 17.8 Å². The first-order valence-electron chi connectivity index (χ1n) is 24.1. The Bertz CT molecular complexity index is 2510. The molecule has 2 aliphatic carbocycles. The molecule has 6 fully saturated rings. The third-order valence-corrected chi connectivity index (χ3v) is 16.2. The first-order valence-corrected chi connectivity index (χ1v) is 24.1. The maximum absolute atomic E-state index is 15.6. The van der Waals surface area contributed by atoms with Crippen molar-refractivity contribution in [2.75, 3.05) is 74.5 Å². The zero-order valence-corrected chi connectivity index (χ0v) is 37.4. The van der Waals surface area contributed by atoms with E-state index in [9.17, 15) is 19.5 Å². The van der Waals surface area contributed by atoms with Crippen LogP contribution in [0.3, 0.4) is 0 Å². The van der Waals surface area contributed by atoms with E-state index in [2.05, 4.69) is 49.6 Å². The number of ether oxygens (including phenoxy) is 2. The van der Waals surface area contributed by atoms with Gasteiger partial charge >= 0.3 is 0 Å². The van der Waals surface area contributed by atoms with Gasteiger partial charge in [-0.15, -0.1) is 10.2 Å². The van der Waals surface area contributed by atoms with E-state index in [4.69, 9.17) is 15.2 Å². The summed E-state index contributed by atoms with van der Waals surface area (Å²) >= 11 is 0. The molecule has 0 radical (unpaired) electrons. The van der Waals surface area contributed by atoms with E-state index in [1.807, 2.05) is 28.0 Å². The van der Waals surface area contributed by atoms with Gasteiger partial charge < -0.3 is 35.0 Å². The maximum atomic E-state index is 15.6. The highest BCUT2D eigenvalue weighted by Gasteiger charge is 2.65. The molecular weight excluding hydrogens is 840 g/mol. The van der Waals surface area contributed by atoms with Crippen LogP contribution in [-0.2, 0) is 19.8 Å². The molecule has 15 heteroatoms. The minimum atomic E-state index is -0.496. The van der Waals surface area contributed by atoms with Gasteiger partial charge in [-0.1, -0.05) is 24.3 Å². The van der Waals surface area contributed by atoms with Crippen molar-refractivity contribution in [2.45, 2.75) is 87.7 Å². The van der Waals surface area contributed by atoms with Crippen LogP contribution in [0.4, 0.5) is 21.6 Å². The number of carbonyl (C=O) groups excluding carboxylic acids is 3.